The number of carbonyl (C=O) groups is 1. The van der Waals surface area contributed by atoms with E-state index in [4.69, 9.17) is 4.74 Å². The van der Waals surface area contributed by atoms with E-state index >= 15 is 0 Å². The van der Waals surface area contributed by atoms with E-state index in [0.29, 0.717) is 23.8 Å². The molecule has 7 nitrogen and oxygen atoms in total. The van der Waals surface area contributed by atoms with Gasteiger partial charge in [-0.05, 0) is 45.3 Å². The van der Waals surface area contributed by atoms with Gasteiger partial charge in [-0.3, -0.25) is 0 Å². The lowest BCUT2D eigenvalue weighted by Crippen LogP contribution is -2.35. The van der Waals surface area contributed by atoms with Gasteiger partial charge < -0.3 is 15.4 Å². The zero-order valence-electron chi connectivity index (χ0n) is 13.9. The number of ether oxygens (including phenoxy) is 1. The summed E-state index contributed by atoms with van der Waals surface area (Å²) < 4.78 is 6.76. The first-order chi connectivity index (χ1) is 11.7. The third-order valence-electron chi connectivity index (χ3n) is 4.36. The van der Waals surface area contributed by atoms with Gasteiger partial charge in [0.1, 0.15) is 6.07 Å². The van der Waals surface area contributed by atoms with Crippen LogP contribution >= 0.6 is 0 Å². The first-order valence-corrected chi connectivity index (χ1v) is 8.21. The summed E-state index contributed by atoms with van der Waals surface area (Å²) >= 11 is 0. The van der Waals surface area contributed by atoms with Gasteiger partial charge in [0.25, 0.3) is 0 Å². The minimum absolute atomic E-state index is 0.296. The predicted molar refractivity (Wildman–Crippen MR) is 90.1 cm³/mol. The summed E-state index contributed by atoms with van der Waals surface area (Å²) in [6.45, 7) is 5.86. The number of aromatic nitrogens is 2. The number of hydrogen-bond acceptors (Lipinski definition) is 6. The Kier molecular flexibility index (Phi) is 4.67. The molecule has 0 radical (unpaired) electrons. The fourth-order valence-corrected chi connectivity index (χ4v) is 3.10. The van der Waals surface area contributed by atoms with Crippen molar-refractivity contribution in [2.45, 2.75) is 32.7 Å². The Hall–Kier alpha value is -2.59. The van der Waals surface area contributed by atoms with Crippen LogP contribution in [0.4, 0.5) is 5.69 Å². The predicted octanol–water partition coefficient (Wildman–Crippen LogP) is 1.85. The van der Waals surface area contributed by atoms with Gasteiger partial charge in [-0.2, -0.15) is 10.4 Å². The van der Waals surface area contributed by atoms with E-state index < -0.39 is 0 Å². The van der Waals surface area contributed by atoms with Crippen molar-refractivity contribution < 1.29 is 9.53 Å². The lowest BCUT2D eigenvalue weighted by atomic mass is 10.0. The molecule has 0 saturated carbocycles. The number of nitriles is 1. The molecule has 24 heavy (non-hydrogen) atoms. The van der Waals surface area contributed by atoms with Gasteiger partial charge >= 0.3 is 5.97 Å². The lowest BCUT2D eigenvalue weighted by molar-refractivity contribution is 0.0525. The van der Waals surface area contributed by atoms with Crippen LogP contribution in [-0.4, -0.2) is 41.3 Å². The van der Waals surface area contributed by atoms with Gasteiger partial charge in [0.15, 0.2) is 0 Å². The summed E-state index contributed by atoms with van der Waals surface area (Å²) in [6.07, 6.45) is 5.18. The standard InChI is InChI=1S/C17H21N5O2/c1-3-24-17(23)14-10-22-16(11(14)2)15(12(8-18)9-20-22)21-13-4-6-19-7-5-13/h9-10,13,19,21H,3-7H2,1-2H3. The molecular weight excluding hydrogens is 306 g/mol. The molecular formula is C17H21N5O2. The molecule has 1 aliphatic rings. The Balaban J connectivity index is 2.07. The summed E-state index contributed by atoms with van der Waals surface area (Å²) in [6, 6.07) is 2.49. The summed E-state index contributed by atoms with van der Waals surface area (Å²) in [5, 5.41) is 20.5. The number of nitrogens with one attached hydrogen (secondary N) is 2. The van der Waals surface area contributed by atoms with Crippen molar-refractivity contribution in [3.05, 3.63) is 29.1 Å². The SMILES string of the molecule is CCOC(=O)c1cn2ncc(C#N)c(NC3CCNCC3)c2c1C. The van der Waals surface area contributed by atoms with Gasteiger partial charge in [-0.1, -0.05) is 0 Å². The Labute approximate surface area is 140 Å². The van der Waals surface area contributed by atoms with Crippen LogP contribution in [-0.2, 0) is 4.74 Å². The maximum atomic E-state index is 12.1. The third-order valence-corrected chi connectivity index (χ3v) is 4.36. The molecule has 1 fully saturated rings. The van der Waals surface area contributed by atoms with E-state index in [0.717, 1.165) is 42.7 Å². The van der Waals surface area contributed by atoms with Crippen molar-refractivity contribution in [1.82, 2.24) is 14.9 Å². The Bertz CT molecular complexity index is 799. The molecule has 0 aliphatic carbocycles. The van der Waals surface area contributed by atoms with Crippen molar-refractivity contribution in [3.63, 3.8) is 0 Å². The lowest BCUT2D eigenvalue weighted by Gasteiger charge is -2.25. The van der Waals surface area contributed by atoms with Crippen LogP contribution in [0.1, 0.15) is 41.3 Å². The second kappa shape index (κ2) is 6.89. The van der Waals surface area contributed by atoms with Crippen molar-refractivity contribution >= 4 is 17.2 Å². The van der Waals surface area contributed by atoms with Gasteiger partial charge in [0.05, 0.1) is 35.1 Å². The van der Waals surface area contributed by atoms with Gasteiger partial charge in [0.2, 0.25) is 0 Å². The van der Waals surface area contributed by atoms with E-state index in [1.54, 1.807) is 17.6 Å². The third kappa shape index (κ3) is 2.93. The number of fused-ring (bicyclic) bond motifs is 1. The van der Waals surface area contributed by atoms with E-state index in [1.807, 2.05) is 6.92 Å². The van der Waals surface area contributed by atoms with Crippen LogP contribution in [0.3, 0.4) is 0 Å². The average Bonchev–Trinajstić information content (AvgIpc) is 2.94. The van der Waals surface area contributed by atoms with Crippen LogP contribution < -0.4 is 10.6 Å². The van der Waals surface area contributed by atoms with Crippen molar-refractivity contribution in [2.75, 3.05) is 25.0 Å². The maximum Gasteiger partial charge on any atom is 0.340 e. The first-order valence-electron chi connectivity index (χ1n) is 8.21. The maximum absolute atomic E-state index is 12.1. The molecule has 3 heterocycles. The minimum Gasteiger partial charge on any atom is -0.462 e. The topological polar surface area (TPSA) is 91.5 Å². The monoisotopic (exact) mass is 327 g/mol. The van der Waals surface area contributed by atoms with Gasteiger partial charge in [-0.15, -0.1) is 0 Å². The summed E-state index contributed by atoms with van der Waals surface area (Å²) in [5.41, 5.74) is 3.24. The van der Waals surface area contributed by atoms with E-state index in [9.17, 15) is 10.1 Å². The molecule has 0 amide bonds. The summed E-state index contributed by atoms with van der Waals surface area (Å²) in [7, 11) is 0. The highest BCUT2D eigenvalue weighted by Crippen LogP contribution is 2.29. The molecule has 3 rings (SSSR count). The molecule has 0 unspecified atom stereocenters. The quantitative estimate of drug-likeness (QED) is 0.833. The fraction of sp³-hybridized carbons (Fsp3) is 0.471. The molecule has 0 aromatic carbocycles. The smallest absolute Gasteiger partial charge is 0.340 e. The Morgan fingerprint density at radius 3 is 2.96 bits per heavy atom. The number of piperidine rings is 1. The van der Waals surface area contributed by atoms with Crippen LogP contribution in [0.15, 0.2) is 12.4 Å². The normalized spacial score (nSPS) is 15.2. The fourth-order valence-electron chi connectivity index (χ4n) is 3.10. The number of rotatable bonds is 4. The molecule has 126 valence electrons. The highest BCUT2D eigenvalue weighted by Gasteiger charge is 2.22. The number of esters is 1. The number of hydrogen-bond donors (Lipinski definition) is 2. The van der Waals surface area contributed by atoms with Crippen LogP contribution in [0, 0.1) is 18.3 Å². The Morgan fingerprint density at radius 2 is 2.29 bits per heavy atom. The highest BCUT2D eigenvalue weighted by atomic mass is 16.5. The molecule has 1 aliphatic heterocycles. The zero-order valence-corrected chi connectivity index (χ0v) is 13.9. The molecule has 2 N–H and O–H groups in total. The van der Waals surface area contributed by atoms with Crippen molar-refractivity contribution in [3.8, 4) is 6.07 Å². The van der Waals surface area contributed by atoms with Crippen molar-refractivity contribution in [1.29, 1.82) is 5.26 Å². The Morgan fingerprint density at radius 1 is 1.54 bits per heavy atom. The molecule has 0 atom stereocenters. The number of carbonyl (C=O) groups excluding carboxylic acids is 1. The first kappa shape index (κ1) is 16.3. The largest absolute Gasteiger partial charge is 0.462 e. The van der Waals surface area contributed by atoms with E-state index in [2.05, 4.69) is 21.8 Å². The second-order valence-corrected chi connectivity index (χ2v) is 5.90. The van der Waals surface area contributed by atoms with Crippen molar-refractivity contribution in [2.24, 2.45) is 0 Å². The molecule has 7 heteroatoms. The minimum atomic E-state index is -0.369. The van der Waals surface area contributed by atoms with Crippen LogP contribution in [0.5, 0.6) is 0 Å². The number of anilines is 1. The molecule has 2 aromatic rings. The molecule has 1 saturated heterocycles. The van der Waals surface area contributed by atoms with Crippen LogP contribution in [0.2, 0.25) is 0 Å². The second-order valence-electron chi connectivity index (χ2n) is 5.90. The van der Waals surface area contributed by atoms with E-state index in [-0.39, 0.29) is 5.97 Å². The summed E-state index contributed by atoms with van der Waals surface area (Å²) in [5.74, 6) is -0.369. The highest BCUT2D eigenvalue weighted by molar-refractivity contribution is 5.96. The molecule has 2 aromatic heterocycles. The molecule has 0 spiro atoms. The van der Waals surface area contributed by atoms with E-state index in [1.165, 1.54) is 6.20 Å². The van der Waals surface area contributed by atoms with Gasteiger partial charge in [-0.25, -0.2) is 9.31 Å². The van der Waals surface area contributed by atoms with Gasteiger partial charge in [0, 0.05) is 12.2 Å². The zero-order chi connectivity index (χ0) is 17.1. The number of aryl methyl sites for hydroxylation is 1. The molecule has 0 bridgehead atoms. The number of nitrogens with zero attached hydrogens (tertiary/aromatic N) is 3. The summed E-state index contributed by atoms with van der Waals surface area (Å²) in [4.78, 5) is 12.1. The van der Waals surface area contributed by atoms with Crippen LogP contribution in [0.25, 0.3) is 5.52 Å². The average molecular weight is 327 g/mol.